The van der Waals surface area contributed by atoms with Crippen LogP contribution in [-0.2, 0) is 4.74 Å². The van der Waals surface area contributed by atoms with Gasteiger partial charge in [0.1, 0.15) is 29.0 Å². The van der Waals surface area contributed by atoms with Gasteiger partial charge in [-0.2, -0.15) is 4.98 Å². The SMILES string of the molecule is C[C@]1(O)C(O)[C@@H](CO)O[C@H]1n1cnc2c(N)nc(=O)[nH]c21. The number of aromatic nitrogens is 4. The second-order valence-electron chi connectivity index (χ2n) is 5.16. The summed E-state index contributed by atoms with van der Waals surface area (Å²) in [5, 5.41) is 29.6. The molecule has 2 aromatic heterocycles. The number of fused-ring (bicyclic) bond motifs is 1. The van der Waals surface area contributed by atoms with Crippen LogP contribution in [0.5, 0.6) is 0 Å². The number of ether oxygens (including phenoxy) is 1. The molecule has 1 aliphatic heterocycles. The standard InChI is InChI=1S/C11H15N5O5/c1-11(20)6(18)4(2-17)21-9(11)16-3-13-5-7(12)14-10(19)15-8(5)16/h3-4,6,9,17-18,20H,2H2,1H3,(H3,12,14,15,19)/t4-,6?,9-,11+/m1/s1. The Hall–Kier alpha value is -2.01. The zero-order chi connectivity index (χ0) is 15.4. The fourth-order valence-electron chi connectivity index (χ4n) is 2.53. The summed E-state index contributed by atoms with van der Waals surface area (Å²) < 4.78 is 6.80. The molecule has 1 aliphatic rings. The Bertz CT molecular complexity index is 738. The highest BCUT2D eigenvalue weighted by Gasteiger charge is 2.53. The third-order valence-corrected chi connectivity index (χ3v) is 3.67. The number of H-pyrrole nitrogens is 1. The largest absolute Gasteiger partial charge is 0.394 e. The van der Waals surface area contributed by atoms with Crippen molar-refractivity contribution in [3.63, 3.8) is 0 Å². The number of hydrogen-bond acceptors (Lipinski definition) is 8. The third kappa shape index (κ3) is 1.92. The van der Waals surface area contributed by atoms with Crippen LogP contribution in [0, 0.1) is 0 Å². The van der Waals surface area contributed by atoms with E-state index in [2.05, 4.69) is 15.0 Å². The molecule has 21 heavy (non-hydrogen) atoms. The van der Waals surface area contributed by atoms with Crippen LogP contribution in [0.4, 0.5) is 5.82 Å². The highest BCUT2D eigenvalue weighted by Crippen LogP contribution is 2.39. The fraction of sp³-hybridized carbons (Fsp3) is 0.545. The average Bonchev–Trinajstić information content (AvgIpc) is 2.91. The molecule has 1 unspecified atom stereocenters. The molecule has 0 aromatic carbocycles. The number of anilines is 1. The number of aromatic amines is 1. The predicted octanol–water partition coefficient (Wildman–Crippen LogP) is -2.30. The molecular weight excluding hydrogens is 282 g/mol. The summed E-state index contributed by atoms with van der Waals surface area (Å²) in [5.41, 5.74) is 3.72. The molecule has 0 spiro atoms. The topological polar surface area (TPSA) is 160 Å². The Morgan fingerprint density at radius 3 is 2.95 bits per heavy atom. The minimum absolute atomic E-state index is 0.0515. The highest BCUT2D eigenvalue weighted by molar-refractivity contribution is 5.81. The van der Waals surface area contributed by atoms with Crippen molar-refractivity contribution in [2.24, 2.45) is 0 Å². The summed E-state index contributed by atoms with van der Waals surface area (Å²) in [6, 6.07) is 0. The molecular formula is C11H15N5O5. The number of nitrogens with two attached hydrogens (primary N) is 1. The van der Waals surface area contributed by atoms with E-state index in [1.165, 1.54) is 17.8 Å². The summed E-state index contributed by atoms with van der Waals surface area (Å²) in [7, 11) is 0. The second kappa shape index (κ2) is 4.49. The lowest BCUT2D eigenvalue weighted by Crippen LogP contribution is -2.44. The molecule has 2 aromatic rings. The monoisotopic (exact) mass is 297 g/mol. The molecule has 0 saturated carbocycles. The zero-order valence-electron chi connectivity index (χ0n) is 11.1. The number of nitrogens with zero attached hydrogens (tertiary/aromatic N) is 3. The summed E-state index contributed by atoms with van der Waals surface area (Å²) in [5.74, 6) is -0.0515. The van der Waals surface area contributed by atoms with Gasteiger partial charge in [-0.3, -0.25) is 9.55 Å². The van der Waals surface area contributed by atoms with Crippen LogP contribution in [0.15, 0.2) is 11.1 Å². The first-order valence-electron chi connectivity index (χ1n) is 6.25. The van der Waals surface area contributed by atoms with Crippen molar-refractivity contribution in [1.29, 1.82) is 0 Å². The van der Waals surface area contributed by atoms with E-state index in [0.29, 0.717) is 0 Å². The Balaban J connectivity index is 2.15. The predicted molar refractivity (Wildman–Crippen MR) is 70.2 cm³/mol. The van der Waals surface area contributed by atoms with Gasteiger partial charge in [0.25, 0.3) is 0 Å². The normalized spacial score (nSPS) is 32.9. The molecule has 3 rings (SSSR count). The summed E-state index contributed by atoms with van der Waals surface area (Å²) >= 11 is 0. The van der Waals surface area contributed by atoms with E-state index in [1.54, 1.807) is 0 Å². The molecule has 0 aliphatic carbocycles. The summed E-state index contributed by atoms with van der Waals surface area (Å²) in [4.78, 5) is 21.4. The van der Waals surface area contributed by atoms with Crippen molar-refractivity contribution in [3.8, 4) is 0 Å². The molecule has 4 atom stereocenters. The summed E-state index contributed by atoms with van der Waals surface area (Å²) in [6.07, 6.45) is -1.99. The molecule has 114 valence electrons. The molecule has 0 radical (unpaired) electrons. The van der Waals surface area contributed by atoms with E-state index in [-0.39, 0.29) is 17.0 Å². The molecule has 3 heterocycles. The molecule has 1 fully saturated rings. The van der Waals surface area contributed by atoms with Gasteiger partial charge < -0.3 is 25.8 Å². The number of nitrogen functional groups attached to an aromatic ring is 1. The van der Waals surface area contributed by atoms with Crippen LogP contribution in [0.3, 0.4) is 0 Å². The molecule has 10 heteroatoms. The number of imidazole rings is 1. The van der Waals surface area contributed by atoms with Crippen molar-refractivity contribution in [2.75, 3.05) is 12.3 Å². The van der Waals surface area contributed by atoms with Crippen molar-refractivity contribution < 1.29 is 20.1 Å². The number of nitrogens with one attached hydrogen (secondary N) is 1. The fourth-order valence-corrected chi connectivity index (χ4v) is 2.53. The Morgan fingerprint density at radius 2 is 2.33 bits per heavy atom. The van der Waals surface area contributed by atoms with Crippen LogP contribution in [-0.4, -0.2) is 59.3 Å². The highest BCUT2D eigenvalue weighted by atomic mass is 16.6. The van der Waals surface area contributed by atoms with Crippen LogP contribution < -0.4 is 11.4 Å². The summed E-state index contributed by atoms with van der Waals surface area (Å²) in [6.45, 7) is 0.910. The van der Waals surface area contributed by atoms with Gasteiger partial charge in [-0.1, -0.05) is 0 Å². The Kier molecular flexibility index (Phi) is 2.99. The number of aliphatic hydroxyl groups is 3. The first kappa shape index (κ1) is 13.9. The lowest BCUT2D eigenvalue weighted by Gasteiger charge is -2.27. The van der Waals surface area contributed by atoms with E-state index in [0.717, 1.165) is 0 Å². The number of aliphatic hydroxyl groups excluding tert-OH is 2. The van der Waals surface area contributed by atoms with Crippen LogP contribution in [0.25, 0.3) is 11.2 Å². The van der Waals surface area contributed by atoms with Gasteiger partial charge in [0, 0.05) is 0 Å². The van der Waals surface area contributed by atoms with Gasteiger partial charge in [0.2, 0.25) is 0 Å². The van der Waals surface area contributed by atoms with Gasteiger partial charge in [0.15, 0.2) is 12.0 Å². The van der Waals surface area contributed by atoms with E-state index in [1.807, 2.05) is 0 Å². The van der Waals surface area contributed by atoms with E-state index in [4.69, 9.17) is 10.5 Å². The van der Waals surface area contributed by atoms with E-state index >= 15 is 0 Å². The van der Waals surface area contributed by atoms with Crippen molar-refractivity contribution >= 4 is 17.0 Å². The minimum atomic E-state index is -1.68. The number of hydrogen-bond donors (Lipinski definition) is 5. The minimum Gasteiger partial charge on any atom is -0.394 e. The first-order valence-corrected chi connectivity index (χ1v) is 6.25. The molecule has 6 N–H and O–H groups in total. The molecule has 1 saturated heterocycles. The van der Waals surface area contributed by atoms with Gasteiger partial charge in [-0.15, -0.1) is 0 Å². The van der Waals surface area contributed by atoms with Crippen LogP contribution in [0.1, 0.15) is 13.2 Å². The average molecular weight is 297 g/mol. The van der Waals surface area contributed by atoms with Gasteiger partial charge >= 0.3 is 5.69 Å². The quantitative estimate of drug-likeness (QED) is 0.414. The van der Waals surface area contributed by atoms with Gasteiger partial charge in [0.05, 0.1) is 12.9 Å². The van der Waals surface area contributed by atoms with Gasteiger partial charge in [-0.05, 0) is 6.92 Å². The van der Waals surface area contributed by atoms with E-state index in [9.17, 15) is 20.1 Å². The van der Waals surface area contributed by atoms with Crippen molar-refractivity contribution in [2.45, 2.75) is 31.0 Å². The lowest BCUT2D eigenvalue weighted by atomic mass is 9.96. The second-order valence-corrected chi connectivity index (χ2v) is 5.16. The maximum atomic E-state index is 11.4. The first-order chi connectivity index (χ1) is 9.86. The van der Waals surface area contributed by atoms with Crippen LogP contribution in [0.2, 0.25) is 0 Å². The maximum Gasteiger partial charge on any atom is 0.348 e. The Morgan fingerprint density at radius 1 is 1.62 bits per heavy atom. The lowest BCUT2D eigenvalue weighted by molar-refractivity contribution is -0.0950. The number of rotatable bonds is 2. The van der Waals surface area contributed by atoms with Crippen LogP contribution >= 0.6 is 0 Å². The van der Waals surface area contributed by atoms with Gasteiger partial charge in [-0.25, -0.2) is 9.78 Å². The smallest absolute Gasteiger partial charge is 0.348 e. The zero-order valence-corrected chi connectivity index (χ0v) is 11.1. The molecule has 0 amide bonds. The van der Waals surface area contributed by atoms with Crippen molar-refractivity contribution in [1.82, 2.24) is 19.5 Å². The maximum absolute atomic E-state index is 11.4. The Labute approximate surface area is 117 Å². The molecule has 10 nitrogen and oxygen atoms in total. The third-order valence-electron chi connectivity index (χ3n) is 3.67. The molecule has 0 bridgehead atoms. The van der Waals surface area contributed by atoms with Crippen molar-refractivity contribution in [3.05, 3.63) is 16.8 Å². The van der Waals surface area contributed by atoms with E-state index < -0.39 is 36.3 Å².